The highest BCUT2D eigenvalue weighted by atomic mass is 16.7. The summed E-state index contributed by atoms with van der Waals surface area (Å²) >= 11 is 0. The lowest BCUT2D eigenvalue weighted by atomic mass is 10.1. The maximum atomic E-state index is 12.0. The van der Waals surface area contributed by atoms with Gasteiger partial charge in [-0.1, -0.05) is 30.3 Å². The maximum Gasteiger partial charge on any atom is 0.343 e. The quantitative estimate of drug-likeness (QED) is 0.727. The highest BCUT2D eigenvalue weighted by Gasteiger charge is 2.31. The van der Waals surface area contributed by atoms with Crippen molar-refractivity contribution in [2.45, 2.75) is 12.5 Å². The van der Waals surface area contributed by atoms with E-state index in [9.17, 15) is 4.79 Å². The lowest BCUT2D eigenvalue weighted by Gasteiger charge is -2.17. The van der Waals surface area contributed by atoms with E-state index in [1.165, 1.54) is 0 Å². The molecule has 1 atom stereocenters. The highest BCUT2D eigenvalue weighted by molar-refractivity contribution is 5.76. The van der Waals surface area contributed by atoms with Crippen molar-refractivity contribution in [2.75, 3.05) is 26.2 Å². The lowest BCUT2D eigenvalue weighted by Crippen LogP contribution is -2.43. The number of carbonyl (C=O) groups is 1. The minimum atomic E-state index is -0.296. The van der Waals surface area contributed by atoms with Gasteiger partial charge < -0.3 is 4.84 Å². The van der Waals surface area contributed by atoms with E-state index in [0.717, 1.165) is 31.7 Å². The molecule has 2 aliphatic rings. The molecule has 0 unspecified atom stereocenters. The van der Waals surface area contributed by atoms with Gasteiger partial charge >= 0.3 is 5.97 Å². The van der Waals surface area contributed by atoms with E-state index in [2.05, 4.69) is 5.43 Å². The van der Waals surface area contributed by atoms with E-state index < -0.39 is 0 Å². The minimum absolute atomic E-state index is 0.191. The second-order valence-electron chi connectivity index (χ2n) is 4.70. The molecule has 1 aromatic rings. The summed E-state index contributed by atoms with van der Waals surface area (Å²) in [4.78, 5) is 17.2. The number of benzene rings is 1. The third kappa shape index (κ3) is 3.29. The number of hydrogen-bond acceptors (Lipinski definition) is 5. The minimum Gasteiger partial charge on any atom is -0.366 e. The smallest absolute Gasteiger partial charge is 0.343 e. The maximum absolute atomic E-state index is 12.0. The second-order valence-corrected chi connectivity index (χ2v) is 4.70. The zero-order valence-electron chi connectivity index (χ0n) is 10.2. The van der Waals surface area contributed by atoms with Crippen LogP contribution in [-0.4, -0.2) is 48.3 Å². The van der Waals surface area contributed by atoms with Gasteiger partial charge in [-0.2, -0.15) is 0 Å². The molecular formula is C13H17N3O2. The van der Waals surface area contributed by atoms with E-state index >= 15 is 0 Å². The van der Waals surface area contributed by atoms with Crippen molar-refractivity contribution >= 4 is 5.97 Å². The normalized spacial score (nSPS) is 20.4. The van der Waals surface area contributed by atoms with Crippen molar-refractivity contribution in [1.82, 2.24) is 15.5 Å². The number of nitrogens with one attached hydrogen (secondary N) is 1. The van der Waals surface area contributed by atoms with Crippen LogP contribution in [0.2, 0.25) is 0 Å². The summed E-state index contributed by atoms with van der Waals surface area (Å²) in [5, 5.41) is 3.70. The van der Waals surface area contributed by atoms with Crippen LogP contribution in [0, 0.1) is 0 Å². The number of nitrogens with zero attached hydrogens (tertiary/aromatic N) is 2. The molecule has 1 N–H and O–H groups in total. The van der Waals surface area contributed by atoms with Crippen LogP contribution >= 0.6 is 0 Å². The summed E-state index contributed by atoms with van der Waals surface area (Å²) in [7, 11) is 0. The Hall–Kier alpha value is -1.43. The van der Waals surface area contributed by atoms with E-state index in [1.54, 1.807) is 5.06 Å². The van der Waals surface area contributed by atoms with Gasteiger partial charge in [0.2, 0.25) is 0 Å². The topological polar surface area (TPSA) is 44.4 Å². The van der Waals surface area contributed by atoms with Crippen molar-refractivity contribution in [3.63, 3.8) is 0 Å². The van der Waals surface area contributed by atoms with Crippen molar-refractivity contribution in [3.8, 4) is 0 Å². The standard InChI is InChI=1S/C13H17N3O2/c17-13(18-16-8-9-16)12(14-15-6-7-15)10-11-4-2-1-3-5-11/h1-5,12,14H,6-10H2/t12-/m1/s1. The molecule has 1 aromatic carbocycles. The first-order valence-electron chi connectivity index (χ1n) is 6.33. The number of hydrogen-bond donors (Lipinski definition) is 1. The van der Waals surface area contributed by atoms with Crippen molar-refractivity contribution in [1.29, 1.82) is 0 Å². The third-order valence-electron chi connectivity index (χ3n) is 2.98. The summed E-state index contributed by atoms with van der Waals surface area (Å²) in [6.45, 7) is 3.71. The van der Waals surface area contributed by atoms with Crippen LogP contribution in [0.4, 0.5) is 0 Å². The Morgan fingerprint density at radius 2 is 1.94 bits per heavy atom. The molecule has 5 heteroatoms. The van der Waals surface area contributed by atoms with Gasteiger partial charge in [0.15, 0.2) is 0 Å². The molecule has 2 aliphatic heterocycles. The van der Waals surface area contributed by atoms with Crippen LogP contribution in [0.1, 0.15) is 5.56 Å². The SMILES string of the molecule is O=C(ON1CC1)[C@@H](Cc1ccccc1)NN1CC1. The van der Waals surface area contributed by atoms with Crippen molar-refractivity contribution in [2.24, 2.45) is 0 Å². The predicted octanol–water partition coefficient (Wildman–Crippen LogP) is 0.192. The first-order chi connectivity index (χ1) is 8.81. The second kappa shape index (κ2) is 5.06. The Bertz CT molecular complexity index is 416. The zero-order valence-corrected chi connectivity index (χ0v) is 10.2. The van der Waals surface area contributed by atoms with Crippen LogP contribution < -0.4 is 5.43 Å². The van der Waals surface area contributed by atoms with Gasteiger partial charge in [-0.3, -0.25) is 0 Å². The molecule has 0 aromatic heterocycles. The van der Waals surface area contributed by atoms with E-state index in [-0.39, 0.29) is 12.0 Å². The molecular weight excluding hydrogens is 230 g/mol. The molecule has 2 saturated heterocycles. The molecule has 0 spiro atoms. The van der Waals surface area contributed by atoms with Crippen LogP contribution in [0.15, 0.2) is 30.3 Å². The van der Waals surface area contributed by atoms with Gasteiger partial charge in [-0.15, -0.1) is 5.06 Å². The third-order valence-corrected chi connectivity index (χ3v) is 2.98. The Labute approximate surface area is 106 Å². The Balaban J connectivity index is 1.62. The molecule has 0 radical (unpaired) electrons. The Kier molecular flexibility index (Phi) is 3.27. The van der Waals surface area contributed by atoms with Crippen molar-refractivity contribution < 1.29 is 9.63 Å². The van der Waals surface area contributed by atoms with Gasteiger partial charge in [0.05, 0.1) is 13.1 Å². The van der Waals surface area contributed by atoms with Crippen LogP contribution in [0.25, 0.3) is 0 Å². The van der Waals surface area contributed by atoms with Crippen LogP contribution in [0.3, 0.4) is 0 Å². The largest absolute Gasteiger partial charge is 0.366 e. The molecule has 96 valence electrons. The average molecular weight is 247 g/mol. The summed E-state index contributed by atoms with van der Waals surface area (Å²) in [6, 6.07) is 9.71. The number of hydrazine groups is 1. The molecule has 0 saturated carbocycles. The number of carbonyl (C=O) groups excluding carboxylic acids is 1. The summed E-state index contributed by atoms with van der Waals surface area (Å²) in [5.41, 5.74) is 4.34. The van der Waals surface area contributed by atoms with Crippen molar-refractivity contribution in [3.05, 3.63) is 35.9 Å². The Morgan fingerprint density at radius 1 is 1.22 bits per heavy atom. The van der Waals surface area contributed by atoms with Crippen LogP contribution in [-0.2, 0) is 16.1 Å². The van der Waals surface area contributed by atoms with Gasteiger partial charge in [0.1, 0.15) is 6.04 Å². The first kappa shape index (κ1) is 11.6. The monoisotopic (exact) mass is 247 g/mol. The lowest BCUT2D eigenvalue weighted by molar-refractivity contribution is -0.169. The fourth-order valence-corrected chi connectivity index (χ4v) is 1.75. The van der Waals surface area contributed by atoms with Gasteiger partial charge in [0, 0.05) is 13.1 Å². The fraction of sp³-hybridized carbons (Fsp3) is 0.462. The number of hydroxylamine groups is 2. The average Bonchev–Trinajstić information content (AvgIpc) is 3.24. The molecule has 0 amide bonds. The van der Waals surface area contributed by atoms with E-state index in [1.807, 2.05) is 35.3 Å². The number of rotatable bonds is 6. The molecule has 5 nitrogen and oxygen atoms in total. The predicted molar refractivity (Wildman–Crippen MR) is 66.3 cm³/mol. The highest BCUT2D eigenvalue weighted by Crippen LogP contribution is 2.11. The van der Waals surface area contributed by atoms with E-state index in [4.69, 9.17) is 4.84 Å². The molecule has 2 fully saturated rings. The zero-order chi connectivity index (χ0) is 12.4. The molecule has 2 heterocycles. The first-order valence-corrected chi connectivity index (χ1v) is 6.33. The molecule has 0 bridgehead atoms. The summed E-state index contributed by atoms with van der Waals surface area (Å²) < 4.78 is 0. The van der Waals surface area contributed by atoms with Crippen LogP contribution in [0.5, 0.6) is 0 Å². The van der Waals surface area contributed by atoms with Gasteiger partial charge in [0.25, 0.3) is 0 Å². The van der Waals surface area contributed by atoms with Gasteiger partial charge in [-0.25, -0.2) is 15.2 Å². The summed E-state index contributed by atoms with van der Waals surface area (Å²) in [5.74, 6) is -0.191. The molecule has 0 aliphatic carbocycles. The van der Waals surface area contributed by atoms with E-state index in [0.29, 0.717) is 6.42 Å². The molecule has 3 rings (SSSR count). The Morgan fingerprint density at radius 3 is 2.56 bits per heavy atom. The molecule has 18 heavy (non-hydrogen) atoms. The fourth-order valence-electron chi connectivity index (χ4n) is 1.75. The summed E-state index contributed by atoms with van der Waals surface area (Å²) in [6.07, 6.45) is 0.657. The van der Waals surface area contributed by atoms with Gasteiger partial charge in [-0.05, 0) is 12.0 Å².